The third-order valence-corrected chi connectivity index (χ3v) is 3.60. The number of nitrogen functional groups attached to an aromatic ring is 1. The number of aromatic nitrogens is 2. The van der Waals surface area contributed by atoms with Crippen LogP contribution in [-0.4, -0.2) is 16.1 Å². The van der Waals surface area contributed by atoms with Gasteiger partial charge in [-0.2, -0.15) is 5.10 Å². The summed E-state index contributed by atoms with van der Waals surface area (Å²) in [6, 6.07) is 7.17. The van der Waals surface area contributed by atoms with Crippen LogP contribution in [-0.2, 0) is 0 Å². The summed E-state index contributed by atoms with van der Waals surface area (Å²) in [7, 11) is 0. The highest BCUT2D eigenvalue weighted by atomic mass is 35.5. The SMILES string of the molecule is CC(C)c1[nH]nc(C(=O)NC(C)c2ccc(Cl)cc2)c1N. The fourth-order valence-corrected chi connectivity index (χ4v) is 2.20. The number of H-pyrrole nitrogens is 1. The number of hydrogen-bond donors (Lipinski definition) is 3. The second-order valence-electron chi connectivity index (χ2n) is 5.30. The number of nitrogens with one attached hydrogen (secondary N) is 2. The molecule has 2 rings (SSSR count). The van der Waals surface area contributed by atoms with Crippen molar-refractivity contribution < 1.29 is 4.79 Å². The van der Waals surface area contributed by atoms with Gasteiger partial charge in [0.05, 0.1) is 17.4 Å². The molecule has 0 aliphatic carbocycles. The molecule has 5 nitrogen and oxygen atoms in total. The van der Waals surface area contributed by atoms with E-state index in [1.807, 2.05) is 32.9 Å². The van der Waals surface area contributed by atoms with E-state index in [1.54, 1.807) is 12.1 Å². The number of halogens is 1. The molecule has 1 aromatic heterocycles. The molecule has 0 aliphatic rings. The third-order valence-electron chi connectivity index (χ3n) is 3.34. The van der Waals surface area contributed by atoms with E-state index in [4.69, 9.17) is 17.3 Å². The summed E-state index contributed by atoms with van der Waals surface area (Å²) < 4.78 is 0. The van der Waals surface area contributed by atoms with Gasteiger partial charge in [-0.15, -0.1) is 0 Å². The Labute approximate surface area is 128 Å². The second kappa shape index (κ2) is 6.18. The predicted octanol–water partition coefficient (Wildman–Crippen LogP) is 3.26. The number of rotatable bonds is 4. The van der Waals surface area contributed by atoms with Gasteiger partial charge in [0.2, 0.25) is 0 Å². The Morgan fingerprint density at radius 1 is 1.29 bits per heavy atom. The van der Waals surface area contributed by atoms with Crippen LogP contribution in [0.2, 0.25) is 5.02 Å². The minimum absolute atomic E-state index is 0.159. The summed E-state index contributed by atoms with van der Waals surface area (Å²) in [6.45, 7) is 5.87. The number of hydrogen-bond acceptors (Lipinski definition) is 3. The second-order valence-corrected chi connectivity index (χ2v) is 5.74. The van der Waals surface area contributed by atoms with Crippen LogP contribution in [0.4, 0.5) is 5.69 Å². The van der Waals surface area contributed by atoms with Crippen molar-refractivity contribution in [2.24, 2.45) is 0 Å². The summed E-state index contributed by atoms with van der Waals surface area (Å²) >= 11 is 5.85. The van der Waals surface area contributed by atoms with Crippen LogP contribution >= 0.6 is 11.6 Å². The number of anilines is 1. The average Bonchev–Trinajstić information content (AvgIpc) is 2.81. The predicted molar refractivity (Wildman–Crippen MR) is 84.4 cm³/mol. The van der Waals surface area contributed by atoms with Crippen molar-refractivity contribution >= 4 is 23.2 Å². The molecule has 0 saturated carbocycles. The number of benzene rings is 1. The lowest BCUT2D eigenvalue weighted by Crippen LogP contribution is -2.27. The normalized spacial score (nSPS) is 12.4. The Bertz CT molecular complexity index is 634. The highest BCUT2D eigenvalue weighted by molar-refractivity contribution is 6.30. The van der Waals surface area contributed by atoms with Gasteiger partial charge in [-0.05, 0) is 30.5 Å². The number of amides is 1. The molecule has 0 saturated heterocycles. The Balaban J connectivity index is 2.12. The molecular formula is C15H19ClN4O. The first-order valence-corrected chi connectivity index (χ1v) is 7.18. The van der Waals surface area contributed by atoms with Gasteiger partial charge in [0.1, 0.15) is 0 Å². The Kier molecular flexibility index (Phi) is 4.53. The van der Waals surface area contributed by atoms with Crippen molar-refractivity contribution in [3.8, 4) is 0 Å². The number of aromatic amines is 1. The van der Waals surface area contributed by atoms with E-state index in [9.17, 15) is 4.79 Å². The van der Waals surface area contributed by atoms with Gasteiger partial charge in [0.15, 0.2) is 5.69 Å². The molecule has 0 fully saturated rings. The molecule has 1 amide bonds. The van der Waals surface area contributed by atoms with Crippen LogP contribution in [0, 0.1) is 0 Å². The fraction of sp³-hybridized carbons (Fsp3) is 0.333. The van der Waals surface area contributed by atoms with Gasteiger partial charge < -0.3 is 11.1 Å². The van der Waals surface area contributed by atoms with Gasteiger partial charge >= 0.3 is 0 Å². The number of nitrogens with two attached hydrogens (primary N) is 1. The molecule has 6 heteroatoms. The van der Waals surface area contributed by atoms with Gasteiger partial charge in [0.25, 0.3) is 5.91 Å². The quantitative estimate of drug-likeness (QED) is 0.810. The van der Waals surface area contributed by atoms with Gasteiger partial charge in [0, 0.05) is 5.02 Å². The minimum Gasteiger partial charge on any atom is -0.395 e. The zero-order valence-electron chi connectivity index (χ0n) is 12.3. The van der Waals surface area contributed by atoms with E-state index in [0.717, 1.165) is 11.3 Å². The summed E-state index contributed by atoms with van der Waals surface area (Å²) in [5.74, 6) is -0.106. The van der Waals surface area contributed by atoms with Crippen molar-refractivity contribution in [1.29, 1.82) is 0 Å². The Hall–Kier alpha value is -2.01. The molecule has 2 aromatic rings. The van der Waals surface area contributed by atoms with Crippen LogP contribution in [0.1, 0.15) is 54.5 Å². The Morgan fingerprint density at radius 2 is 1.90 bits per heavy atom. The van der Waals surface area contributed by atoms with E-state index in [1.165, 1.54) is 0 Å². The molecule has 1 aromatic carbocycles. The monoisotopic (exact) mass is 306 g/mol. The molecule has 1 heterocycles. The first kappa shape index (κ1) is 15.4. The molecule has 112 valence electrons. The van der Waals surface area contributed by atoms with Gasteiger partial charge in [-0.3, -0.25) is 9.89 Å². The fourth-order valence-electron chi connectivity index (χ4n) is 2.08. The van der Waals surface area contributed by atoms with Crippen molar-refractivity contribution in [1.82, 2.24) is 15.5 Å². The summed E-state index contributed by atoms with van der Waals surface area (Å²) in [4.78, 5) is 12.3. The molecule has 1 unspecified atom stereocenters. The maximum Gasteiger partial charge on any atom is 0.274 e. The zero-order valence-corrected chi connectivity index (χ0v) is 13.0. The highest BCUT2D eigenvalue weighted by Gasteiger charge is 2.20. The number of carbonyl (C=O) groups excluding carboxylic acids is 1. The summed E-state index contributed by atoms with van der Waals surface area (Å²) in [5, 5.41) is 10.4. The van der Waals surface area contributed by atoms with Crippen LogP contribution < -0.4 is 11.1 Å². The maximum atomic E-state index is 12.3. The topological polar surface area (TPSA) is 83.8 Å². The lowest BCUT2D eigenvalue weighted by molar-refractivity contribution is 0.0935. The van der Waals surface area contributed by atoms with Crippen LogP contribution in [0.5, 0.6) is 0 Å². The molecule has 4 N–H and O–H groups in total. The van der Waals surface area contributed by atoms with Crippen LogP contribution in [0.3, 0.4) is 0 Å². The lowest BCUT2D eigenvalue weighted by Gasteiger charge is -2.13. The standard InChI is InChI=1S/C15H19ClN4O/c1-8(2)13-12(17)14(20-19-13)15(21)18-9(3)10-4-6-11(16)7-5-10/h4-9H,17H2,1-3H3,(H,18,21)(H,19,20). The maximum absolute atomic E-state index is 12.3. The smallest absolute Gasteiger partial charge is 0.274 e. The van der Waals surface area contributed by atoms with Crippen molar-refractivity contribution in [2.75, 3.05) is 5.73 Å². The van der Waals surface area contributed by atoms with E-state index in [2.05, 4.69) is 15.5 Å². The first-order chi connectivity index (χ1) is 9.90. The van der Waals surface area contributed by atoms with Crippen LogP contribution in [0.15, 0.2) is 24.3 Å². The van der Waals surface area contributed by atoms with Gasteiger partial charge in [-0.1, -0.05) is 37.6 Å². The van der Waals surface area contributed by atoms with E-state index >= 15 is 0 Å². The molecule has 21 heavy (non-hydrogen) atoms. The summed E-state index contributed by atoms with van der Waals surface area (Å²) in [6.07, 6.45) is 0. The molecule has 0 spiro atoms. The molecule has 0 radical (unpaired) electrons. The van der Waals surface area contributed by atoms with Gasteiger partial charge in [-0.25, -0.2) is 0 Å². The molecule has 0 aliphatic heterocycles. The van der Waals surface area contributed by atoms with E-state index in [-0.39, 0.29) is 23.6 Å². The summed E-state index contributed by atoms with van der Waals surface area (Å²) in [5.41, 5.74) is 8.35. The Morgan fingerprint density at radius 3 is 2.43 bits per heavy atom. The van der Waals surface area contributed by atoms with Crippen molar-refractivity contribution in [2.45, 2.75) is 32.7 Å². The van der Waals surface area contributed by atoms with E-state index < -0.39 is 0 Å². The largest absolute Gasteiger partial charge is 0.395 e. The third kappa shape index (κ3) is 3.36. The van der Waals surface area contributed by atoms with Crippen LogP contribution in [0.25, 0.3) is 0 Å². The van der Waals surface area contributed by atoms with Crippen molar-refractivity contribution in [3.63, 3.8) is 0 Å². The average molecular weight is 307 g/mol. The number of nitrogens with zero attached hydrogens (tertiary/aromatic N) is 1. The highest BCUT2D eigenvalue weighted by Crippen LogP contribution is 2.23. The molecule has 1 atom stereocenters. The van der Waals surface area contributed by atoms with E-state index in [0.29, 0.717) is 10.7 Å². The minimum atomic E-state index is -0.293. The lowest BCUT2D eigenvalue weighted by atomic mass is 10.1. The number of carbonyl (C=O) groups is 1. The van der Waals surface area contributed by atoms with Crippen molar-refractivity contribution in [3.05, 3.63) is 46.2 Å². The molecule has 0 bridgehead atoms. The molecular weight excluding hydrogens is 288 g/mol. The first-order valence-electron chi connectivity index (χ1n) is 6.80. The zero-order chi connectivity index (χ0) is 15.6.